The lowest BCUT2D eigenvalue weighted by Crippen LogP contribution is -2.24. The van der Waals surface area contributed by atoms with Crippen molar-refractivity contribution in [2.75, 3.05) is 11.1 Å². The summed E-state index contributed by atoms with van der Waals surface area (Å²) in [5, 5.41) is 12.9. The van der Waals surface area contributed by atoms with Crippen LogP contribution in [0.4, 0.5) is 5.69 Å². The van der Waals surface area contributed by atoms with Gasteiger partial charge >= 0.3 is 0 Å². The molecule has 0 aliphatic heterocycles. The zero-order valence-corrected chi connectivity index (χ0v) is 19.5. The van der Waals surface area contributed by atoms with E-state index in [9.17, 15) is 9.59 Å². The quantitative estimate of drug-likeness (QED) is 0.314. The molecule has 2 heterocycles. The van der Waals surface area contributed by atoms with Gasteiger partial charge in [0.15, 0.2) is 5.16 Å². The van der Waals surface area contributed by atoms with Crippen molar-refractivity contribution in [3.8, 4) is 6.07 Å². The van der Waals surface area contributed by atoms with E-state index >= 15 is 0 Å². The molecular formula is C24H24N4O2S2. The molecule has 0 saturated heterocycles. The first-order valence-corrected chi connectivity index (χ1v) is 12.3. The van der Waals surface area contributed by atoms with E-state index in [2.05, 4.69) is 24.9 Å². The van der Waals surface area contributed by atoms with Gasteiger partial charge in [0.2, 0.25) is 5.91 Å². The number of allylic oxidation sites excluding steroid dienone is 1. The summed E-state index contributed by atoms with van der Waals surface area (Å²) in [6, 6.07) is 9.31. The molecule has 164 valence electrons. The second kappa shape index (κ2) is 9.72. The van der Waals surface area contributed by atoms with Crippen LogP contribution < -0.4 is 10.9 Å². The van der Waals surface area contributed by atoms with E-state index in [1.807, 2.05) is 12.1 Å². The van der Waals surface area contributed by atoms with Gasteiger partial charge in [0.1, 0.15) is 4.83 Å². The summed E-state index contributed by atoms with van der Waals surface area (Å²) in [5.74, 6) is 0.580. The van der Waals surface area contributed by atoms with E-state index in [1.165, 1.54) is 16.6 Å². The smallest absolute Gasteiger partial charge is 0.263 e. The number of fused-ring (bicyclic) bond motifs is 3. The largest absolute Gasteiger partial charge is 0.325 e. The maximum Gasteiger partial charge on any atom is 0.263 e. The Morgan fingerprint density at radius 3 is 2.94 bits per heavy atom. The molecule has 1 amide bonds. The van der Waals surface area contributed by atoms with E-state index < -0.39 is 0 Å². The Bertz CT molecular complexity index is 1270. The van der Waals surface area contributed by atoms with Crippen LogP contribution in [0.5, 0.6) is 0 Å². The maximum atomic E-state index is 13.3. The first-order valence-electron chi connectivity index (χ1n) is 10.5. The molecule has 1 aromatic carbocycles. The monoisotopic (exact) mass is 464 g/mol. The van der Waals surface area contributed by atoms with Crippen LogP contribution in [-0.2, 0) is 30.6 Å². The van der Waals surface area contributed by atoms with Gasteiger partial charge in [-0.05, 0) is 48.4 Å². The lowest BCUT2D eigenvalue weighted by atomic mass is 9.89. The fraction of sp³-hybridized carbons (Fsp3) is 0.333. The Kier molecular flexibility index (Phi) is 6.77. The third-order valence-electron chi connectivity index (χ3n) is 5.55. The molecule has 1 unspecified atom stereocenters. The average molecular weight is 465 g/mol. The molecule has 0 saturated carbocycles. The van der Waals surface area contributed by atoms with Crippen molar-refractivity contribution in [3.05, 3.63) is 63.3 Å². The molecule has 0 fully saturated rings. The Labute approximate surface area is 195 Å². The number of aromatic nitrogens is 2. The number of nitrogens with zero attached hydrogens (tertiary/aromatic N) is 3. The lowest BCUT2D eigenvalue weighted by molar-refractivity contribution is -0.113. The molecule has 6 nitrogen and oxygen atoms in total. The van der Waals surface area contributed by atoms with Gasteiger partial charge in [-0.15, -0.1) is 17.9 Å². The molecule has 0 spiro atoms. The van der Waals surface area contributed by atoms with E-state index in [0.29, 0.717) is 29.7 Å². The van der Waals surface area contributed by atoms with Crippen LogP contribution in [0.2, 0.25) is 0 Å². The topological polar surface area (TPSA) is 87.8 Å². The number of aryl methyl sites for hydroxylation is 1. The SMILES string of the molecule is C=CCn1c(SCC(=O)Nc2ccc(CC#N)cc2)nc2sc3c(c2c1=O)CCC(C)C3. The highest BCUT2D eigenvalue weighted by Gasteiger charge is 2.24. The Morgan fingerprint density at radius 2 is 2.22 bits per heavy atom. The molecule has 3 aromatic rings. The minimum absolute atomic E-state index is 0.0436. The standard InChI is InChI=1S/C24H24N4O2S2/c1-3-12-28-23(30)21-18-9-4-15(2)13-19(18)32-22(21)27-24(28)31-14-20(29)26-17-7-5-16(6-8-17)10-11-25/h3,5-8,15H,1,4,9-10,12-14H2,2H3,(H,26,29). The molecule has 1 aliphatic carbocycles. The van der Waals surface area contributed by atoms with Gasteiger partial charge in [-0.2, -0.15) is 5.26 Å². The zero-order chi connectivity index (χ0) is 22.7. The summed E-state index contributed by atoms with van der Waals surface area (Å²) in [4.78, 5) is 32.6. The molecule has 1 atom stereocenters. The van der Waals surface area contributed by atoms with Crippen LogP contribution in [0.25, 0.3) is 10.2 Å². The van der Waals surface area contributed by atoms with E-state index in [1.54, 1.807) is 34.1 Å². The predicted molar refractivity (Wildman–Crippen MR) is 130 cm³/mol. The Balaban J connectivity index is 1.55. The number of rotatable bonds is 7. The number of carbonyl (C=O) groups excluding carboxylic acids is 1. The summed E-state index contributed by atoms with van der Waals surface area (Å²) in [6.45, 7) is 6.38. The highest BCUT2D eigenvalue weighted by molar-refractivity contribution is 7.99. The predicted octanol–water partition coefficient (Wildman–Crippen LogP) is 4.57. The van der Waals surface area contributed by atoms with E-state index in [-0.39, 0.29) is 17.2 Å². The zero-order valence-electron chi connectivity index (χ0n) is 17.9. The summed E-state index contributed by atoms with van der Waals surface area (Å²) in [6.07, 6.45) is 5.03. The summed E-state index contributed by atoms with van der Waals surface area (Å²) in [7, 11) is 0. The van der Waals surface area contributed by atoms with Gasteiger partial charge < -0.3 is 5.32 Å². The van der Waals surface area contributed by atoms with Crippen LogP contribution in [0.1, 0.15) is 29.3 Å². The van der Waals surface area contributed by atoms with Gasteiger partial charge in [0, 0.05) is 17.1 Å². The number of nitrogens with one attached hydrogen (secondary N) is 1. The van der Waals surface area contributed by atoms with Crippen molar-refractivity contribution >= 4 is 44.9 Å². The minimum atomic E-state index is -0.179. The number of thiophene rings is 1. The first kappa shape index (κ1) is 22.3. The highest BCUT2D eigenvalue weighted by atomic mass is 32.2. The number of thioether (sulfide) groups is 1. The fourth-order valence-electron chi connectivity index (χ4n) is 3.93. The maximum absolute atomic E-state index is 13.3. The number of hydrogen-bond acceptors (Lipinski definition) is 6. The van der Waals surface area contributed by atoms with Gasteiger partial charge in [0.25, 0.3) is 5.56 Å². The number of carbonyl (C=O) groups is 1. The molecule has 8 heteroatoms. The summed E-state index contributed by atoms with van der Waals surface area (Å²) in [5.41, 5.74) is 2.69. The first-order chi connectivity index (χ1) is 15.5. The van der Waals surface area contributed by atoms with E-state index in [4.69, 9.17) is 10.2 Å². The normalized spacial score (nSPS) is 15.2. The van der Waals surface area contributed by atoms with Crippen LogP contribution in [-0.4, -0.2) is 21.2 Å². The average Bonchev–Trinajstić information content (AvgIpc) is 3.13. The van der Waals surface area contributed by atoms with Crippen molar-refractivity contribution in [3.63, 3.8) is 0 Å². The van der Waals surface area contributed by atoms with Gasteiger partial charge in [-0.3, -0.25) is 14.2 Å². The van der Waals surface area contributed by atoms with Gasteiger partial charge in [-0.1, -0.05) is 36.9 Å². The number of anilines is 1. The Morgan fingerprint density at radius 1 is 1.44 bits per heavy atom. The lowest BCUT2D eigenvalue weighted by Gasteiger charge is -2.17. The van der Waals surface area contributed by atoms with Crippen molar-refractivity contribution in [2.45, 2.75) is 44.3 Å². The van der Waals surface area contributed by atoms with Crippen molar-refractivity contribution in [1.29, 1.82) is 5.26 Å². The molecule has 1 N–H and O–H groups in total. The molecule has 32 heavy (non-hydrogen) atoms. The van der Waals surface area contributed by atoms with E-state index in [0.717, 1.165) is 40.6 Å². The van der Waals surface area contributed by atoms with Crippen LogP contribution in [0, 0.1) is 17.2 Å². The van der Waals surface area contributed by atoms with Crippen molar-refractivity contribution < 1.29 is 4.79 Å². The summed E-state index contributed by atoms with van der Waals surface area (Å²) < 4.78 is 1.62. The van der Waals surface area contributed by atoms with Crippen LogP contribution >= 0.6 is 23.1 Å². The van der Waals surface area contributed by atoms with Gasteiger partial charge in [0.05, 0.1) is 23.6 Å². The van der Waals surface area contributed by atoms with Crippen molar-refractivity contribution in [2.24, 2.45) is 5.92 Å². The third-order valence-corrected chi connectivity index (χ3v) is 7.67. The molecule has 0 radical (unpaired) electrons. The third kappa shape index (κ3) is 4.64. The molecule has 1 aliphatic rings. The summed E-state index contributed by atoms with van der Waals surface area (Å²) >= 11 is 2.87. The fourth-order valence-corrected chi connectivity index (χ4v) is 6.16. The number of amides is 1. The molecule has 4 rings (SSSR count). The number of hydrogen-bond donors (Lipinski definition) is 1. The number of nitriles is 1. The molecular weight excluding hydrogens is 440 g/mol. The Hall–Kier alpha value is -2.89. The van der Waals surface area contributed by atoms with Crippen molar-refractivity contribution in [1.82, 2.24) is 9.55 Å². The minimum Gasteiger partial charge on any atom is -0.325 e. The second-order valence-electron chi connectivity index (χ2n) is 8.00. The highest BCUT2D eigenvalue weighted by Crippen LogP contribution is 2.36. The van der Waals surface area contributed by atoms with Gasteiger partial charge in [-0.25, -0.2) is 4.98 Å². The molecule has 2 aromatic heterocycles. The van der Waals surface area contributed by atoms with Crippen LogP contribution in [0.15, 0.2) is 46.9 Å². The van der Waals surface area contributed by atoms with Crippen LogP contribution in [0.3, 0.4) is 0 Å². The number of benzene rings is 1. The second-order valence-corrected chi connectivity index (χ2v) is 10.0. The molecule has 0 bridgehead atoms.